The van der Waals surface area contributed by atoms with E-state index in [1.807, 2.05) is 45.0 Å². The number of rotatable bonds is 5. The van der Waals surface area contributed by atoms with Crippen LogP contribution in [0.15, 0.2) is 42.7 Å². The van der Waals surface area contributed by atoms with Gasteiger partial charge in [-0.1, -0.05) is 18.2 Å². The van der Waals surface area contributed by atoms with E-state index in [0.717, 1.165) is 36.2 Å². The summed E-state index contributed by atoms with van der Waals surface area (Å²) >= 11 is 0. The second-order valence-electron chi connectivity index (χ2n) is 14.0. The number of hydrogen-bond donors (Lipinski definition) is 0. The molecule has 1 saturated carbocycles. The van der Waals surface area contributed by atoms with Crippen LogP contribution in [0.25, 0.3) is 22.2 Å². The van der Waals surface area contributed by atoms with Gasteiger partial charge >= 0.3 is 0 Å². The first kappa shape index (κ1) is 32.6. The van der Waals surface area contributed by atoms with E-state index in [2.05, 4.69) is 21.0 Å². The minimum Gasteiger partial charge on any atom is -0.327 e. The average molecular weight is 660 g/mol. The van der Waals surface area contributed by atoms with E-state index in [-0.39, 0.29) is 53.4 Å². The first-order chi connectivity index (χ1) is 23.5. The molecule has 4 aromatic rings. The third-order valence-corrected chi connectivity index (χ3v) is 10.5. The fourth-order valence-electron chi connectivity index (χ4n) is 7.70. The maximum absolute atomic E-state index is 14.4. The first-order valence-electron chi connectivity index (χ1n) is 17.2. The van der Waals surface area contributed by atoms with E-state index < -0.39 is 6.04 Å². The van der Waals surface area contributed by atoms with Crippen molar-refractivity contribution in [3.8, 4) is 11.3 Å². The molecule has 2 bridgehead atoms. The lowest BCUT2D eigenvalue weighted by Crippen LogP contribution is -2.45. The van der Waals surface area contributed by atoms with Gasteiger partial charge in [0.15, 0.2) is 11.6 Å². The Balaban J connectivity index is 1.30. The van der Waals surface area contributed by atoms with Gasteiger partial charge in [0.05, 0.1) is 35.1 Å². The fourth-order valence-corrected chi connectivity index (χ4v) is 7.70. The first-order valence-corrected chi connectivity index (χ1v) is 17.2. The summed E-state index contributed by atoms with van der Waals surface area (Å²) in [6.45, 7) is 6.98. The number of amides is 1. The van der Waals surface area contributed by atoms with E-state index in [9.17, 15) is 19.2 Å². The summed E-state index contributed by atoms with van der Waals surface area (Å²) in [5, 5.41) is 5.32. The number of hydrogen-bond acceptors (Lipinski definition) is 9. The third kappa shape index (κ3) is 6.34. The quantitative estimate of drug-likeness (QED) is 0.208. The summed E-state index contributed by atoms with van der Waals surface area (Å²) in [6.07, 6.45) is 12.5. The van der Waals surface area contributed by atoms with Crippen molar-refractivity contribution in [2.24, 2.45) is 5.41 Å². The predicted octanol–water partition coefficient (Wildman–Crippen LogP) is 5.21. The molecule has 252 valence electrons. The fraction of sp³-hybridized carbons (Fsp3) is 0.447. The summed E-state index contributed by atoms with van der Waals surface area (Å²) in [5.41, 5.74) is 5.09. The summed E-state index contributed by atoms with van der Waals surface area (Å²) in [6, 6.07) is 4.97. The molecule has 0 unspecified atom stereocenters. The minimum absolute atomic E-state index is 0.0472. The summed E-state index contributed by atoms with van der Waals surface area (Å²) < 4.78 is 1.60. The largest absolute Gasteiger partial charge is 0.327 e. The summed E-state index contributed by atoms with van der Waals surface area (Å²) in [4.78, 5) is 74.5. The normalized spacial score (nSPS) is 22.7. The highest BCUT2D eigenvalue weighted by molar-refractivity contribution is 6.06. The molecule has 7 rings (SSSR count). The van der Waals surface area contributed by atoms with Crippen LogP contribution in [0.5, 0.6) is 0 Å². The summed E-state index contributed by atoms with van der Waals surface area (Å²) in [7, 11) is 0. The zero-order chi connectivity index (χ0) is 34.4. The molecular formula is C38H41N7O4. The van der Waals surface area contributed by atoms with E-state index in [0.29, 0.717) is 65.8 Å². The highest BCUT2D eigenvalue weighted by atomic mass is 16.2. The molecule has 1 amide bonds. The molecule has 0 spiro atoms. The maximum atomic E-state index is 14.4. The van der Waals surface area contributed by atoms with Crippen LogP contribution in [0.1, 0.15) is 90.8 Å². The van der Waals surface area contributed by atoms with Gasteiger partial charge in [-0.15, -0.1) is 0 Å². The highest BCUT2D eigenvalue weighted by Gasteiger charge is 2.66. The molecule has 11 heteroatoms. The van der Waals surface area contributed by atoms with E-state index in [4.69, 9.17) is 10.1 Å². The molecule has 0 aromatic carbocycles. The molecule has 2 fully saturated rings. The molecule has 4 aromatic heterocycles. The maximum Gasteiger partial charge on any atom is 0.245 e. The number of aromatic nitrogens is 6. The van der Waals surface area contributed by atoms with Crippen molar-refractivity contribution >= 4 is 34.2 Å². The lowest BCUT2D eigenvalue weighted by atomic mass is 9.90. The monoisotopic (exact) mass is 659 g/mol. The Bertz CT molecular complexity index is 2030. The standard InChI is InChI=1S/C38H41N7O4/c1-22-11-12-23(2)41-30(22)16-33(48)32-17-38-14-13-27(47)9-7-5-6-8-10-29-37-28(15-31(42-29)26-19-39-25(4)40-20-26)36(24(3)46)43-44(37)21-35(49)45(32)34(38)18-38/h6,8,11-12,15,19-20,32,34H,5,7,9-10,13-14,16-18,21H2,1-4H3/t32-,34+,38-/m0/s1. The summed E-state index contributed by atoms with van der Waals surface area (Å²) in [5.74, 6) is 0.352. The van der Waals surface area contributed by atoms with Gasteiger partial charge in [0.2, 0.25) is 5.91 Å². The van der Waals surface area contributed by atoms with Crippen molar-refractivity contribution in [3.63, 3.8) is 0 Å². The topological polar surface area (TPSA) is 141 Å². The smallest absolute Gasteiger partial charge is 0.245 e. The number of ketones is 3. The van der Waals surface area contributed by atoms with Gasteiger partial charge in [-0.2, -0.15) is 5.10 Å². The van der Waals surface area contributed by atoms with E-state index in [1.54, 1.807) is 22.0 Å². The van der Waals surface area contributed by atoms with Crippen molar-refractivity contribution < 1.29 is 19.2 Å². The van der Waals surface area contributed by atoms with Crippen LogP contribution in [-0.4, -0.2) is 70.0 Å². The van der Waals surface area contributed by atoms with Crippen molar-refractivity contribution in [2.75, 3.05) is 0 Å². The SMILES string of the molecule is CC(=O)c1nn2c3c(nc(-c4cnc(C)nc4)cc13)CC=CCCCC(=O)CC[C@@]13C[C@@H](C(=O)Cc4nc(C)ccc4C)N(C(=O)C2)[C@@H]1C3. The lowest BCUT2D eigenvalue weighted by Gasteiger charge is -2.27. The van der Waals surface area contributed by atoms with Gasteiger partial charge in [-0.05, 0) is 76.0 Å². The van der Waals surface area contributed by atoms with E-state index >= 15 is 0 Å². The zero-order valence-electron chi connectivity index (χ0n) is 28.5. The number of carbonyl (C=O) groups excluding carboxylic acids is 4. The molecule has 0 radical (unpaired) electrons. The Hall–Kier alpha value is -4.93. The Labute approximate surface area is 285 Å². The molecule has 1 saturated heterocycles. The number of nitrogens with zero attached hydrogens (tertiary/aromatic N) is 7. The Morgan fingerprint density at radius 3 is 2.57 bits per heavy atom. The van der Waals surface area contributed by atoms with Gasteiger partial charge < -0.3 is 4.90 Å². The number of pyridine rings is 2. The predicted molar refractivity (Wildman–Crippen MR) is 183 cm³/mol. The lowest BCUT2D eigenvalue weighted by molar-refractivity contribution is -0.139. The molecule has 3 atom stereocenters. The van der Waals surface area contributed by atoms with Gasteiger partial charge in [0, 0.05) is 61.3 Å². The Morgan fingerprint density at radius 1 is 1.00 bits per heavy atom. The number of carbonyl (C=O) groups is 4. The molecule has 6 heterocycles. The second kappa shape index (κ2) is 12.8. The van der Waals surface area contributed by atoms with E-state index in [1.165, 1.54) is 6.92 Å². The average Bonchev–Trinajstić information content (AvgIpc) is 3.48. The van der Waals surface area contributed by atoms with Crippen LogP contribution in [0.4, 0.5) is 0 Å². The van der Waals surface area contributed by atoms with Gasteiger partial charge in [-0.3, -0.25) is 33.8 Å². The number of Topliss-reactive ketones (excluding diaryl/α,β-unsaturated/α-hetero) is 3. The van der Waals surface area contributed by atoms with Gasteiger partial charge in [0.1, 0.15) is 23.8 Å². The number of piperidine rings is 1. The molecule has 49 heavy (non-hydrogen) atoms. The second-order valence-corrected chi connectivity index (χ2v) is 14.0. The van der Waals surface area contributed by atoms with Crippen molar-refractivity contribution in [2.45, 2.75) is 104 Å². The highest BCUT2D eigenvalue weighted by Crippen LogP contribution is 2.62. The minimum atomic E-state index is -0.621. The van der Waals surface area contributed by atoms with Gasteiger partial charge in [0.25, 0.3) is 0 Å². The van der Waals surface area contributed by atoms with Crippen molar-refractivity contribution in [1.82, 2.24) is 34.6 Å². The van der Waals surface area contributed by atoms with Crippen LogP contribution in [0, 0.1) is 26.2 Å². The Kier molecular flexibility index (Phi) is 8.54. The molecular weight excluding hydrogens is 618 g/mol. The Morgan fingerprint density at radius 2 is 1.80 bits per heavy atom. The zero-order valence-corrected chi connectivity index (χ0v) is 28.5. The number of allylic oxidation sites excluding steroid dienone is 2. The third-order valence-electron chi connectivity index (χ3n) is 10.5. The molecule has 1 aliphatic carbocycles. The van der Waals surface area contributed by atoms with Crippen molar-refractivity contribution in [3.05, 3.63) is 76.9 Å². The molecule has 3 aliphatic rings. The number of aryl methyl sites for hydroxylation is 3. The van der Waals surface area contributed by atoms with Crippen LogP contribution in [-0.2, 0) is 33.8 Å². The molecule has 0 N–H and O–H groups in total. The van der Waals surface area contributed by atoms with Crippen LogP contribution in [0.2, 0.25) is 0 Å². The molecule has 11 nitrogen and oxygen atoms in total. The molecule has 2 aliphatic heterocycles. The van der Waals surface area contributed by atoms with Crippen LogP contribution in [0.3, 0.4) is 0 Å². The van der Waals surface area contributed by atoms with Crippen LogP contribution < -0.4 is 0 Å². The van der Waals surface area contributed by atoms with Crippen molar-refractivity contribution in [1.29, 1.82) is 0 Å². The van der Waals surface area contributed by atoms with Crippen LogP contribution >= 0.6 is 0 Å². The van der Waals surface area contributed by atoms with Gasteiger partial charge in [-0.25, -0.2) is 9.97 Å².